The Kier molecular flexibility index (Phi) is 6.11. The van der Waals surface area contributed by atoms with Gasteiger partial charge in [0.2, 0.25) is 5.95 Å². The van der Waals surface area contributed by atoms with Gasteiger partial charge in [0.15, 0.2) is 11.5 Å². The van der Waals surface area contributed by atoms with Crippen LogP contribution in [0.15, 0.2) is 66.1 Å². The Morgan fingerprint density at radius 3 is 2.66 bits per heavy atom. The summed E-state index contributed by atoms with van der Waals surface area (Å²) in [4.78, 5) is 17.2. The topological polar surface area (TPSA) is 87.5 Å². The molecule has 1 N–H and O–H groups in total. The molecule has 3 aromatic rings. The summed E-state index contributed by atoms with van der Waals surface area (Å²) in [6.45, 7) is 5.89. The van der Waals surface area contributed by atoms with Gasteiger partial charge in [-0.3, -0.25) is 0 Å². The third-order valence-corrected chi connectivity index (χ3v) is 5.10. The van der Waals surface area contributed by atoms with Crippen LogP contribution in [-0.2, 0) is 16.1 Å². The molecule has 32 heavy (non-hydrogen) atoms. The fourth-order valence-corrected chi connectivity index (χ4v) is 3.65. The Hall–Kier alpha value is -3.81. The van der Waals surface area contributed by atoms with Crippen molar-refractivity contribution in [2.75, 3.05) is 12.4 Å². The predicted octanol–water partition coefficient (Wildman–Crippen LogP) is 4.11. The van der Waals surface area contributed by atoms with Crippen LogP contribution in [-0.4, -0.2) is 33.9 Å². The average molecular weight is 434 g/mol. The van der Waals surface area contributed by atoms with E-state index in [1.807, 2.05) is 69.3 Å². The molecule has 2 aromatic carbocycles. The summed E-state index contributed by atoms with van der Waals surface area (Å²) in [7, 11) is 1.59. The van der Waals surface area contributed by atoms with E-state index in [-0.39, 0.29) is 6.10 Å². The summed E-state index contributed by atoms with van der Waals surface area (Å²) in [5, 5.41) is 7.48. The first-order chi connectivity index (χ1) is 15.5. The molecule has 8 nitrogen and oxygen atoms in total. The van der Waals surface area contributed by atoms with Gasteiger partial charge in [-0.05, 0) is 44.0 Å². The largest absolute Gasteiger partial charge is 0.493 e. The van der Waals surface area contributed by atoms with Gasteiger partial charge in [0.1, 0.15) is 19.0 Å². The first-order valence-electron chi connectivity index (χ1n) is 10.4. The van der Waals surface area contributed by atoms with Crippen LogP contribution in [0.4, 0.5) is 5.95 Å². The van der Waals surface area contributed by atoms with Gasteiger partial charge in [0, 0.05) is 5.70 Å². The fourth-order valence-electron chi connectivity index (χ4n) is 3.65. The van der Waals surface area contributed by atoms with E-state index in [1.165, 1.54) is 6.33 Å². The van der Waals surface area contributed by atoms with E-state index in [4.69, 9.17) is 14.2 Å². The molecule has 0 aliphatic carbocycles. The van der Waals surface area contributed by atoms with Crippen LogP contribution in [0.2, 0.25) is 0 Å². The minimum Gasteiger partial charge on any atom is -0.493 e. The van der Waals surface area contributed by atoms with E-state index in [0.29, 0.717) is 35.3 Å². The highest BCUT2D eigenvalue weighted by Crippen LogP contribution is 2.39. The van der Waals surface area contributed by atoms with Gasteiger partial charge in [-0.15, -0.1) is 0 Å². The predicted molar refractivity (Wildman–Crippen MR) is 119 cm³/mol. The quantitative estimate of drug-likeness (QED) is 0.560. The Bertz CT molecular complexity index is 1140. The van der Waals surface area contributed by atoms with Crippen LogP contribution in [0.25, 0.3) is 0 Å². The molecule has 166 valence electrons. The number of nitrogens with one attached hydrogen (secondary N) is 1. The lowest BCUT2D eigenvalue weighted by molar-refractivity contribution is -0.143. The molecule has 0 saturated heterocycles. The number of aromatic nitrogens is 3. The number of hydrogen-bond donors (Lipinski definition) is 1. The maximum atomic E-state index is 13.0. The first-order valence-corrected chi connectivity index (χ1v) is 10.4. The van der Waals surface area contributed by atoms with Gasteiger partial charge in [-0.1, -0.05) is 36.4 Å². The Labute approximate surface area is 186 Å². The van der Waals surface area contributed by atoms with Gasteiger partial charge < -0.3 is 19.5 Å². The lowest BCUT2D eigenvalue weighted by Gasteiger charge is -2.29. The number of allylic oxidation sites excluding steroid dienone is 1. The number of anilines is 1. The number of carbonyl (C=O) groups excluding carboxylic acids is 1. The maximum absolute atomic E-state index is 13.0. The molecule has 1 atom stereocenters. The number of hydrogen-bond acceptors (Lipinski definition) is 7. The van der Waals surface area contributed by atoms with Crippen molar-refractivity contribution in [3.63, 3.8) is 0 Å². The highest BCUT2D eigenvalue weighted by Gasteiger charge is 2.35. The number of esters is 1. The van der Waals surface area contributed by atoms with Crippen molar-refractivity contribution in [3.05, 3.63) is 77.3 Å². The van der Waals surface area contributed by atoms with Gasteiger partial charge in [-0.25, -0.2) is 9.48 Å². The van der Waals surface area contributed by atoms with E-state index in [1.54, 1.807) is 11.8 Å². The smallest absolute Gasteiger partial charge is 0.338 e. The van der Waals surface area contributed by atoms with Gasteiger partial charge >= 0.3 is 5.97 Å². The molecule has 1 aromatic heterocycles. The number of benzene rings is 2. The lowest BCUT2D eigenvalue weighted by atomic mass is 9.95. The number of nitrogens with zero attached hydrogens (tertiary/aromatic N) is 3. The van der Waals surface area contributed by atoms with Crippen molar-refractivity contribution in [1.82, 2.24) is 14.8 Å². The molecule has 0 fully saturated rings. The van der Waals surface area contributed by atoms with Crippen molar-refractivity contribution < 1.29 is 19.0 Å². The van der Waals surface area contributed by atoms with Crippen molar-refractivity contribution in [2.24, 2.45) is 0 Å². The zero-order valence-electron chi connectivity index (χ0n) is 18.5. The highest BCUT2D eigenvalue weighted by molar-refractivity contribution is 5.92. The molecule has 8 heteroatoms. The van der Waals surface area contributed by atoms with Crippen LogP contribution < -0.4 is 14.8 Å². The number of ether oxygens (including phenoxy) is 3. The van der Waals surface area contributed by atoms with Crippen LogP contribution in [0, 0.1) is 0 Å². The molecule has 1 unspecified atom stereocenters. The molecule has 1 aliphatic rings. The normalized spacial score (nSPS) is 15.2. The van der Waals surface area contributed by atoms with Crippen molar-refractivity contribution >= 4 is 11.9 Å². The van der Waals surface area contributed by atoms with Crippen LogP contribution in [0.1, 0.15) is 37.9 Å². The summed E-state index contributed by atoms with van der Waals surface area (Å²) < 4.78 is 18.8. The average Bonchev–Trinajstić information content (AvgIpc) is 3.24. The van der Waals surface area contributed by atoms with E-state index < -0.39 is 12.0 Å². The van der Waals surface area contributed by atoms with Crippen molar-refractivity contribution in [1.29, 1.82) is 0 Å². The van der Waals surface area contributed by atoms with E-state index in [9.17, 15) is 4.79 Å². The van der Waals surface area contributed by atoms with Gasteiger partial charge in [0.25, 0.3) is 0 Å². The SMILES string of the molecule is COc1cc(C2C(C(=O)OC(C)C)=C(C)Nc3ncnn32)ccc1OCc1ccccc1. The molecule has 1 aliphatic heterocycles. The molecular weight excluding hydrogens is 408 g/mol. The zero-order chi connectivity index (χ0) is 22.7. The zero-order valence-corrected chi connectivity index (χ0v) is 18.5. The number of fused-ring (bicyclic) bond motifs is 1. The van der Waals surface area contributed by atoms with Crippen LogP contribution in [0.5, 0.6) is 11.5 Å². The maximum Gasteiger partial charge on any atom is 0.338 e. The Balaban J connectivity index is 1.69. The number of rotatable bonds is 7. The number of methoxy groups -OCH3 is 1. The lowest BCUT2D eigenvalue weighted by Crippen LogP contribution is -2.30. The third-order valence-electron chi connectivity index (χ3n) is 5.10. The third kappa shape index (κ3) is 4.30. The monoisotopic (exact) mass is 434 g/mol. The molecule has 0 spiro atoms. The first kappa shape index (κ1) is 21.4. The minimum absolute atomic E-state index is 0.246. The van der Waals surface area contributed by atoms with Crippen molar-refractivity contribution in [2.45, 2.75) is 39.5 Å². The molecule has 2 heterocycles. The van der Waals surface area contributed by atoms with Crippen molar-refractivity contribution in [3.8, 4) is 11.5 Å². The Morgan fingerprint density at radius 1 is 1.16 bits per heavy atom. The molecule has 4 rings (SSSR count). The van der Waals surface area contributed by atoms with E-state index in [0.717, 1.165) is 11.1 Å². The second-order valence-corrected chi connectivity index (χ2v) is 7.73. The fraction of sp³-hybridized carbons (Fsp3) is 0.292. The van der Waals surface area contributed by atoms with E-state index >= 15 is 0 Å². The van der Waals surface area contributed by atoms with Gasteiger partial charge in [0.05, 0.1) is 18.8 Å². The second kappa shape index (κ2) is 9.13. The second-order valence-electron chi connectivity index (χ2n) is 7.73. The molecule has 0 radical (unpaired) electrons. The van der Waals surface area contributed by atoms with Gasteiger partial charge in [-0.2, -0.15) is 10.1 Å². The summed E-state index contributed by atoms with van der Waals surface area (Å²) in [6, 6.07) is 15.0. The number of carbonyl (C=O) groups is 1. The molecule has 0 saturated carbocycles. The summed E-state index contributed by atoms with van der Waals surface area (Å²) in [6.07, 6.45) is 1.21. The van der Waals surface area contributed by atoms with Crippen LogP contribution in [0.3, 0.4) is 0 Å². The Morgan fingerprint density at radius 2 is 1.94 bits per heavy atom. The highest BCUT2D eigenvalue weighted by atomic mass is 16.5. The summed E-state index contributed by atoms with van der Waals surface area (Å²) >= 11 is 0. The summed E-state index contributed by atoms with van der Waals surface area (Å²) in [5.41, 5.74) is 3.00. The molecular formula is C24H26N4O4. The minimum atomic E-state index is -0.517. The van der Waals surface area contributed by atoms with E-state index in [2.05, 4.69) is 15.4 Å². The van der Waals surface area contributed by atoms with Crippen LogP contribution >= 0.6 is 0 Å². The molecule has 0 bridgehead atoms. The summed E-state index contributed by atoms with van der Waals surface area (Å²) in [5.74, 6) is 1.32. The molecule has 0 amide bonds. The standard InChI is InChI=1S/C24H26N4O4/c1-15(2)32-23(29)21-16(3)27-24-25-14-26-28(24)22(21)18-10-11-19(20(12-18)30-4)31-13-17-8-6-5-7-9-17/h5-12,14-15,22H,13H2,1-4H3,(H,25,26,27).